The van der Waals surface area contributed by atoms with Gasteiger partial charge in [-0.2, -0.15) is 0 Å². The summed E-state index contributed by atoms with van der Waals surface area (Å²) in [5, 5.41) is 8.15. The number of aryl methyl sites for hydroxylation is 2. The lowest BCUT2D eigenvalue weighted by Gasteiger charge is -2.28. The summed E-state index contributed by atoms with van der Waals surface area (Å²) in [5.74, 6) is 0.615. The molecule has 0 bridgehead atoms. The predicted octanol–water partition coefficient (Wildman–Crippen LogP) is 2.21. The van der Waals surface area contributed by atoms with Gasteiger partial charge in [-0.05, 0) is 37.6 Å². The lowest BCUT2D eigenvalue weighted by Crippen LogP contribution is -2.33. The largest absolute Gasteiger partial charge is 0.496 e. The van der Waals surface area contributed by atoms with E-state index in [2.05, 4.69) is 5.32 Å². The molecule has 1 amide bonds. The second-order valence-electron chi connectivity index (χ2n) is 6.57. The van der Waals surface area contributed by atoms with Crippen molar-refractivity contribution in [2.75, 3.05) is 13.7 Å². The predicted molar refractivity (Wildman–Crippen MR) is 101 cm³/mol. The Morgan fingerprint density at radius 1 is 1.26 bits per heavy atom. The highest BCUT2D eigenvalue weighted by molar-refractivity contribution is 7.89. The van der Waals surface area contributed by atoms with Crippen LogP contribution in [0, 0.1) is 13.8 Å². The van der Waals surface area contributed by atoms with Crippen molar-refractivity contribution in [3.63, 3.8) is 0 Å². The van der Waals surface area contributed by atoms with Crippen molar-refractivity contribution in [2.24, 2.45) is 5.14 Å². The Labute approximate surface area is 158 Å². The third-order valence-electron chi connectivity index (χ3n) is 4.53. The first-order valence-electron chi connectivity index (χ1n) is 8.46. The van der Waals surface area contributed by atoms with Crippen LogP contribution in [0.15, 0.2) is 35.2 Å². The summed E-state index contributed by atoms with van der Waals surface area (Å²) in [6.07, 6.45) is 0.610. The number of sulfonamides is 1. The maximum absolute atomic E-state index is 12.9. The summed E-state index contributed by atoms with van der Waals surface area (Å²) in [6.45, 7) is 4.43. The van der Waals surface area contributed by atoms with E-state index in [1.165, 1.54) is 25.3 Å². The van der Waals surface area contributed by atoms with Crippen molar-refractivity contribution in [3.8, 4) is 11.5 Å². The van der Waals surface area contributed by atoms with Crippen LogP contribution in [0.3, 0.4) is 0 Å². The van der Waals surface area contributed by atoms with E-state index >= 15 is 0 Å². The van der Waals surface area contributed by atoms with Gasteiger partial charge < -0.3 is 14.8 Å². The molecule has 1 unspecified atom stereocenters. The van der Waals surface area contributed by atoms with Crippen LogP contribution in [-0.2, 0) is 10.0 Å². The van der Waals surface area contributed by atoms with Crippen LogP contribution in [0.1, 0.15) is 39.5 Å². The summed E-state index contributed by atoms with van der Waals surface area (Å²) in [4.78, 5) is 12.7. The molecule has 3 N–H and O–H groups in total. The molecule has 2 aromatic carbocycles. The number of nitrogens with one attached hydrogen (secondary N) is 1. The molecule has 1 heterocycles. The third-order valence-corrected chi connectivity index (χ3v) is 5.44. The molecule has 0 saturated heterocycles. The van der Waals surface area contributed by atoms with E-state index in [4.69, 9.17) is 14.6 Å². The van der Waals surface area contributed by atoms with Gasteiger partial charge in [0.2, 0.25) is 10.0 Å². The van der Waals surface area contributed by atoms with Gasteiger partial charge in [-0.3, -0.25) is 4.79 Å². The van der Waals surface area contributed by atoms with Gasteiger partial charge in [-0.25, -0.2) is 13.6 Å². The Kier molecular flexibility index (Phi) is 5.12. The first kappa shape index (κ1) is 19.2. The number of rotatable bonds is 4. The number of carbonyl (C=O) groups excluding carboxylic acids is 1. The van der Waals surface area contributed by atoms with Gasteiger partial charge in [0, 0.05) is 12.0 Å². The average molecular weight is 390 g/mol. The second kappa shape index (κ2) is 7.21. The Morgan fingerprint density at radius 2 is 2.00 bits per heavy atom. The topological polar surface area (TPSA) is 108 Å². The molecular formula is C19H22N2O5S. The van der Waals surface area contributed by atoms with E-state index in [0.717, 1.165) is 22.4 Å². The van der Waals surface area contributed by atoms with Gasteiger partial charge in [0.05, 0.1) is 30.2 Å². The molecule has 3 rings (SSSR count). The fraction of sp³-hybridized carbons (Fsp3) is 0.316. The smallest absolute Gasteiger partial charge is 0.255 e. The molecule has 0 fully saturated rings. The van der Waals surface area contributed by atoms with Crippen molar-refractivity contribution in [3.05, 3.63) is 52.6 Å². The first-order chi connectivity index (χ1) is 12.7. The fourth-order valence-electron chi connectivity index (χ4n) is 3.30. The fourth-order valence-corrected chi connectivity index (χ4v) is 3.84. The Bertz CT molecular complexity index is 1000. The molecule has 2 aromatic rings. The van der Waals surface area contributed by atoms with Gasteiger partial charge in [0.25, 0.3) is 5.91 Å². The van der Waals surface area contributed by atoms with Crippen LogP contribution in [0.2, 0.25) is 0 Å². The highest BCUT2D eigenvalue weighted by Crippen LogP contribution is 2.36. The van der Waals surface area contributed by atoms with Crippen LogP contribution >= 0.6 is 0 Å². The van der Waals surface area contributed by atoms with Crippen molar-refractivity contribution >= 4 is 15.9 Å². The number of ether oxygens (including phenoxy) is 2. The van der Waals surface area contributed by atoms with E-state index in [-0.39, 0.29) is 22.3 Å². The van der Waals surface area contributed by atoms with Crippen LogP contribution in [0.5, 0.6) is 11.5 Å². The van der Waals surface area contributed by atoms with E-state index in [0.29, 0.717) is 13.0 Å². The molecule has 0 saturated carbocycles. The van der Waals surface area contributed by atoms with Crippen LogP contribution in [0.25, 0.3) is 0 Å². The zero-order valence-electron chi connectivity index (χ0n) is 15.4. The van der Waals surface area contributed by atoms with Crippen LogP contribution in [-0.4, -0.2) is 28.0 Å². The van der Waals surface area contributed by atoms with E-state index in [9.17, 15) is 13.2 Å². The summed E-state index contributed by atoms with van der Waals surface area (Å²) in [6, 6.07) is 7.72. The number of fused-ring (bicyclic) bond motifs is 1. The molecule has 8 heteroatoms. The third kappa shape index (κ3) is 3.91. The average Bonchev–Trinajstić information content (AvgIpc) is 2.61. The molecule has 0 aliphatic carbocycles. The molecule has 1 aliphatic rings. The SMILES string of the molecule is COc1ccc(S(N)(=O)=O)cc1C(=O)NC1CCOc2c(C)cc(C)cc21. The minimum Gasteiger partial charge on any atom is -0.496 e. The number of methoxy groups -OCH3 is 1. The summed E-state index contributed by atoms with van der Waals surface area (Å²) >= 11 is 0. The molecule has 7 nitrogen and oxygen atoms in total. The van der Waals surface area contributed by atoms with E-state index < -0.39 is 15.9 Å². The molecule has 0 radical (unpaired) electrons. The molecule has 27 heavy (non-hydrogen) atoms. The molecular weight excluding hydrogens is 368 g/mol. The monoisotopic (exact) mass is 390 g/mol. The van der Waals surface area contributed by atoms with Gasteiger partial charge in [0.1, 0.15) is 11.5 Å². The number of amides is 1. The first-order valence-corrected chi connectivity index (χ1v) is 10.0. The number of hydrogen-bond acceptors (Lipinski definition) is 5. The van der Waals surface area contributed by atoms with E-state index in [1.807, 2.05) is 26.0 Å². The highest BCUT2D eigenvalue weighted by atomic mass is 32.2. The van der Waals surface area contributed by atoms with Crippen LogP contribution in [0.4, 0.5) is 0 Å². The van der Waals surface area contributed by atoms with Gasteiger partial charge in [-0.15, -0.1) is 0 Å². The van der Waals surface area contributed by atoms with E-state index in [1.54, 1.807) is 0 Å². The molecule has 0 spiro atoms. The minimum atomic E-state index is -3.93. The minimum absolute atomic E-state index is 0.112. The van der Waals surface area contributed by atoms with Crippen molar-refractivity contribution in [2.45, 2.75) is 31.2 Å². The summed E-state index contributed by atoms with van der Waals surface area (Å²) < 4.78 is 34.2. The number of hydrogen-bond donors (Lipinski definition) is 2. The second-order valence-corrected chi connectivity index (χ2v) is 8.13. The maximum atomic E-state index is 12.9. The van der Waals surface area contributed by atoms with Crippen molar-refractivity contribution in [1.82, 2.24) is 5.32 Å². The lowest BCUT2D eigenvalue weighted by molar-refractivity contribution is 0.0921. The zero-order chi connectivity index (χ0) is 19.8. The molecule has 0 aromatic heterocycles. The number of benzene rings is 2. The number of primary sulfonamides is 1. The maximum Gasteiger partial charge on any atom is 0.255 e. The molecule has 1 atom stereocenters. The zero-order valence-corrected chi connectivity index (χ0v) is 16.2. The molecule has 1 aliphatic heterocycles. The number of nitrogens with two attached hydrogens (primary N) is 1. The summed E-state index contributed by atoms with van der Waals surface area (Å²) in [7, 11) is -2.52. The van der Waals surface area contributed by atoms with Gasteiger partial charge in [0.15, 0.2) is 0 Å². The Balaban J connectivity index is 1.96. The van der Waals surface area contributed by atoms with Gasteiger partial charge in [-0.1, -0.05) is 17.7 Å². The Hall–Kier alpha value is -2.58. The number of carbonyl (C=O) groups is 1. The highest BCUT2D eigenvalue weighted by Gasteiger charge is 2.26. The summed E-state index contributed by atoms with van der Waals surface area (Å²) in [5.41, 5.74) is 3.11. The van der Waals surface area contributed by atoms with Crippen molar-refractivity contribution < 1.29 is 22.7 Å². The van der Waals surface area contributed by atoms with Crippen LogP contribution < -0.4 is 19.9 Å². The quantitative estimate of drug-likeness (QED) is 0.832. The lowest BCUT2D eigenvalue weighted by atomic mass is 9.95. The normalized spacial score (nSPS) is 16.2. The molecule has 144 valence electrons. The van der Waals surface area contributed by atoms with Gasteiger partial charge >= 0.3 is 0 Å². The Morgan fingerprint density at radius 3 is 2.67 bits per heavy atom. The van der Waals surface area contributed by atoms with Crippen molar-refractivity contribution in [1.29, 1.82) is 0 Å². The standard InChI is InChI=1S/C19H22N2O5S/c1-11-8-12(2)18-14(9-11)16(6-7-26-18)21-19(22)15-10-13(27(20,23)24)4-5-17(15)25-3/h4-5,8-10,16H,6-7H2,1-3H3,(H,21,22)(H2,20,23,24).